The van der Waals surface area contributed by atoms with Gasteiger partial charge in [0.25, 0.3) is 0 Å². The summed E-state index contributed by atoms with van der Waals surface area (Å²) in [5, 5.41) is 0. The highest BCUT2D eigenvalue weighted by Gasteiger charge is 2.24. The molecule has 0 aromatic heterocycles. The fourth-order valence-corrected chi connectivity index (χ4v) is 2.76. The molecule has 1 saturated heterocycles. The maximum Gasteiger partial charge on any atom is 0.0417 e. The van der Waals surface area contributed by atoms with E-state index in [9.17, 15) is 0 Å². The average Bonchev–Trinajstić information content (AvgIpc) is 2.32. The summed E-state index contributed by atoms with van der Waals surface area (Å²) >= 11 is 0. The molecule has 1 fully saturated rings. The minimum absolute atomic E-state index is 0.107. The van der Waals surface area contributed by atoms with E-state index in [4.69, 9.17) is 5.73 Å². The van der Waals surface area contributed by atoms with Gasteiger partial charge in [0.1, 0.15) is 0 Å². The zero-order valence-electron chi connectivity index (χ0n) is 11.2. The van der Waals surface area contributed by atoms with Crippen molar-refractivity contribution >= 4 is 5.69 Å². The van der Waals surface area contributed by atoms with E-state index in [-0.39, 0.29) is 6.04 Å². The molecule has 0 aliphatic carbocycles. The van der Waals surface area contributed by atoms with Gasteiger partial charge in [0.2, 0.25) is 0 Å². The molecule has 0 spiro atoms. The quantitative estimate of drug-likeness (QED) is 0.847. The fraction of sp³-hybridized carbons (Fsp3) is 0.600. The molecule has 17 heavy (non-hydrogen) atoms. The minimum atomic E-state index is 0.107. The van der Waals surface area contributed by atoms with Gasteiger partial charge >= 0.3 is 0 Å². The van der Waals surface area contributed by atoms with Crippen molar-refractivity contribution in [2.45, 2.75) is 45.7 Å². The minimum Gasteiger partial charge on any atom is -0.368 e. The molecule has 2 N–H and O–H groups in total. The monoisotopic (exact) mass is 232 g/mol. The van der Waals surface area contributed by atoms with E-state index in [1.165, 1.54) is 24.1 Å². The molecule has 2 rings (SSSR count). The third-order valence-corrected chi connectivity index (χ3v) is 3.85. The van der Waals surface area contributed by atoms with Gasteiger partial charge in [-0.25, -0.2) is 0 Å². The molecule has 2 heteroatoms. The van der Waals surface area contributed by atoms with Crippen LogP contribution in [-0.4, -0.2) is 12.6 Å². The number of benzene rings is 1. The SMILES string of the molecule is CC1CCC(C)N(c2ccccc2[C@H](C)N)C1. The standard InChI is InChI=1S/C15H24N2/c1-11-8-9-12(2)17(10-11)15-7-5-4-6-14(15)13(3)16/h4-7,11-13H,8-10,16H2,1-3H3/t11?,12?,13-/m0/s1. The summed E-state index contributed by atoms with van der Waals surface area (Å²) in [5.41, 5.74) is 8.68. The molecule has 1 aliphatic rings. The van der Waals surface area contributed by atoms with Gasteiger partial charge in [0.05, 0.1) is 0 Å². The lowest BCUT2D eigenvalue weighted by molar-refractivity contribution is 0.389. The van der Waals surface area contributed by atoms with Crippen LogP contribution in [0.1, 0.15) is 45.2 Å². The summed E-state index contributed by atoms with van der Waals surface area (Å²) in [5.74, 6) is 0.785. The van der Waals surface area contributed by atoms with Gasteiger partial charge in [-0.05, 0) is 44.2 Å². The molecule has 0 saturated carbocycles. The van der Waals surface area contributed by atoms with Crippen LogP contribution < -0.4 is 10.6 Å². The van der Waals surface area contributed by atoms with Crippen molar-refractivity contribution in [3.63, 3.8) is 0 Å². The Morgan fingerprint density at radius 1 is 1.24 bits per heavy atom. The van der Waals surface area contributed by atoms with E-state index < -0.39 is 0 Å². The first-order chi connectivity index (χ1) is 8.09. The van der Waals surface area contributed by atoms with Crippen molar-refractivity contribution in [2.75, 3.05) is 11.4 Å². The van der Waals surface area contributed by atoms with Crippen LogP contribution in [0.4, 0.5) is 5.69 Å². The van der Waals surface area contributed by atoms with Crippen LogP contribution in [0.3, 0.4) is 0 Å². The summed E-state index contributed by atoms with van der Waals surface area (Å²) in [7, 11) is 0. The number of piperidine rings is 1. The van der Waals surface area contributed by atoms with Crippen LogP contribution in [0.25, 0.3) is 0 Å². The summed E-state index contributed by atoms with van der Waals surface area (Å²) in [6.45, 7) is 7.89. The molecular weight excluding hydrogens is 208 g/mol. The van der Waals surface area contributed by atoms with Crippen molar-refractivity contribution in [1.29, 1.82) is 0 Å². The maximum absolute atomic E-state index is 6.07. The molecule has 1 aromatic rings. The first kappa shape index (κ1) is 12.4. The second-order valence-corrected chi connectivity index (χ2v) is 5.53. The highest BCUT2D eigenvalue weighted by Crippen LogP contribution is 2.31. The van der Waals surface area contributed by atoms with Gasteiger partial charge in [-0.2, -0.15) is 0 Å². The third kappa shape index (κ3) is 2.63. The summed E-state index contributed by atoms with van der Waals surface area (Å²) < 4.78 is 0. The smallest absolute Gasteiger partial charge is 0.0417 e. The fourth-order valence-electron chi connectivity index (χ4n) is 2.76. The second-order valence-electron chi connectivity index (χ2n) is 5.53. The zero-order chi connectivity index (χ0) is 12.4. The van der Waals surface area contributed by atoms with E-state index in [1.807, 2.05) is 0 Å². The van der Waals surface area contributed by atoms with Gasteiger partial charge in [-0.15, -0.1) is 0 Å². The predicted octanol–water partition coefficient (Wildman–Crippen LogP) is 3.33. The summed E-state index contributed by atoms with van der Waals surface area (Å²) in [6, 6.07) is 9.31. The van der Waals surface area contributed by atoms with Crippen molar-refractivity contribution in [3.8, 4) is 0 Å². The number of para-hydroxylation sites is 1. The lowest BCUT2D eigenvalue weighted by Crippen LogP contribution is -2.41. The predicted molar refractivity (Wildman–Crippen MR) is 74.3 cm³/mol. The van der Waals surface area contributed by atoms with E-state index in [0.29, 0.717) is 6.04 Å². The molecule has 94 valence electrons. The average molecular weight is 232 g/mol. The topological polar surface area (TPSA) is 29.3 Å². The molecule has 0 amide bonds. The van der Waals surface area contributed by atoms with Crippen LogP contribution in [0, 0.1) is 5.92 Å². The van der Waals surface area contributed by atoms with Crippen LogP contribution in [0.2, 0.25) is 0 Å². The number of nitrogens with zero attached hydrogens (tertiary/aromatic N) is 1. The van der Waals surface area contributed by atoms with Gasteiger partial charge in [-0.1, -0.05) is 25.1 Å². The Morgan fingerprint density at radius 3 is 2.65 bits per heavy atom. The van der Waals surface area contributed by atoms with Crippen molar-refractivity contribution in [2.24, 2.45) is 11.7 Å². The first-order valence-corrected chi connectivity index (χ1v) is 6.70. The van der Waals surface area contributed by atoms with Gasteiger partial charge < -0.3 is 10.6 Å². The normalized spacial score (nSPS) is 26.9. The molecule has 0 radical (unpaired) electrons. The van der Waals surface area contributed by atoms with Gasteiger partial charge in [-0.3, -0.25) is 0 Å². The van der Waals surface area contributed by atoms with Crippen LogP contribution in [0.5, 0.6) is 0 Å². The largest absolute Gasteiger partial charge is 0.368 e. The molecule has 1 aliphatic heterocycles. The Labute approximate surface area is 105 Å². The Kier molecular flexibility index (Phi) is 3.72. The summed E-state index contributed by atoms with van der Waals surface area (Å²) in [6.07, 6.45) is 2.63. The van der Waals surface area contributed by atoms with Crippen LogP contribution in [0.15, 0.2) is 24.3 Å². The highest BCUT2D eigenvalue weighted by atomic mass is 15.2. The molecule has 0 bridgehead atoms. The van der Waals surface area contributed by atoms with E-state index in [2.05, 4.69) is 49.9 Å². The summed E-state index contributed by atoms with van der Waals surface area (Å²) in [4.78, 5) is 2.53. The molecule has 3 atom stereocenters. The number of nitrogens with two attached hydrogens (primary N) is 1. The highest BCUT2D eigenvalue weighted by molar-refractivity contribution is 5.55. The van der Waals surface area contributed by atoms with Crippen molar-refractivity contribution < 1.29 is 0 Å². The molecular formula is C15H24N2. The van der Waals surface area contributed by atoms with Crippen LogP contribution in [-0.2, 0) is 0 Å². The lowest BCUT2D eigenvalue weighted by Gasteiger charge is -2.40. The first-order valence-electron chi connectivity index (χ1n) is 6.70. The maximum atomic E-state index is 6.07. The Balaban J connectivity index is 2.31. The van der Waals surface area contributed by atoms with Crippen molar-refractivity contribution in [3.05, 3.63) is 29.8 Å². The Morgan fingerprint density at radius 2 is 1.94 bits per heavy atom. The van der Waals surface area contributed by atoms with Crippen LogP contribution >= 0.6 is 0 Å². The number of hydrogen-bond acceptors (Lipinski definition) is 2. The number of rotatable bonds is 2. The number of anilines is 1. The molecule has 1 aromatic carbocycles. The molecule has 1 heterocycles. The lowest BCUT2D eigenvalue weighted by atomic mass is 9.93. The van der Waals surface area contributed by atoms with Crippen molar-refractivity contribution in [1.82, 2.24) is 0 Å². The van der Waals surface area contributed by atoms with Gasteiger partial charge in [0, 0.05) is 24.3 Å². The molecule has 2 unspecified atom stereocenters. The zero-order valence-corrected chi connectivity index (χ0v) is 11.2. The third-order valence-electron chi connectivity index (χ3n) is 3.85. The Hall–Kier alpha value is -1.02. The van der Waals surface area contributed by atoms with E-state index >= 15 is 0 Å². The Bertz CT molecular complexity index is 373. The van der Waals surface area contributed by atoms with E-state index in [1.54, 1.807) is 0 Å². The van der Waals surface area contributed by atoms with E-state index in [0.717, 1.165) is 12.5 Å². The molecule has 2 nitrogen and oxygen atoms in total. The second kappa shape index (κ2) is 5.09. The van der Waals surface area contributed by atoms with Gasteiger partial charge in [0.15, 0.2) is 0 Å². The number of hydrogen-bond donors (Lipinski definition) is 1.